The summed E-state index contributed by atoms with van der Waals surface area (Å²) in [6, 6.07) is 1.83. The molecule has 1 unspecified atom stereocenters. The standard InChI is InChI=1S/C11H19N/c1-2-4-9(3-1)12-11-6-5-8-7-10(8)11/h8-12H,1-7H2/t8-,10+,11?/m0/s1. The Morgan fingerprint density at radius 2 is 1.75 bits per heavy atom. The zero-order valence-electron chi connectivity index (χ0n) is 7.76. The maximum atomic E-state index is 3.87. The van der Waals surface area contributed by atoms with Gasteiger partial charge in [-0.2, -0.15) is 0 Å². The van der Waals surface area contributed by atoms with Crippen LogP contribution in [-0.4, -0.2) is 12.1 Å². The van der Waals surface area contributed by atoms with E-state index in [4.69, 9.17) is 0 Å². The lowest BCUT2D eigenvalue weighted by Crippen LogP contribution is -2.36. The van der Waals surface area contributed by atoms with Gasteiger partial charge >= 0.3 is 0 Å². The van der Waals surface area contributed by atoms with E-state index in [0.29, 0.717) is 0 Å². The molecule has 3 aliphatic carbocycles. The van der Waals surface area contributed by atoms with Crippen molar-refractivity contribution in [2.75, 3.05) is 0 Å². The molecule has 12 heavy (non-hydrogen) atoms. The average Bonchev–Trinajstić information content (AvgIpc) is 2.54. The molecule has 0 aromatic carbocycles. The second-order valence-corrected chi connectivity index (χ2v) is 4.99. The van der Waals surface area contributed by atoms with Crippen molar-refractivity contribution in [2.24, 2.45) is 11.8 Å². The zero-order valence-corrected chi connectivity index (χ0v) is 7.76. The van der Waals surface area contributed by atoms with E-state index in [1.165, 1.54) is 38.5 Å². The van der Waals surface area contributed by atoms with Crippen LogP contribution < -0.4 is 5.32 Å². The van der Waals surface area contributed by atoms with Crippen LogP contribution in [0.15, 0.2) is 0 Å². The molecule has 0 bridgehead atoms. The molecular formula is C11H19N. The van der Waals surface area contributed by atoms with Gasteiger partial charge in [-0.15, -0.1) is 0 Å². The molecule has 68 valence electrons. The predicted molar refractivity (Wildman–Crippen MR) is 50.0 cm³/mol. The highest BCUT2D eigenvalue weighted by molar-refractivity contribution is 5.02. The zero-order chi connectivity index (χ0) is 7.97. The minimum absolute atomic E-state index is 0.898. The van der Waals surface area contributed by atoms with Gasteiger partial charge in [0, 0.05) is 12.1 Å². The summed E-state index contributed by atoms with van der Waals surface area (Å²) in [5, 5.41) is 3.87. The Morgan fingerprint density at radius 1 is 0.917 bits per heavy atom. The molecule has 0 aliphatic heterocycles. The Labute approximate surface area is 74.9 Å². The van der Waals surface area contributed by atoms with E-state index in [-0.39, 0.29) is 0 Å². The van der Waals surface area contributed by atoms with E-state index in [2.05, 4.69) is 5.32 Å². The van der Waals surface area contributed by atoms with Gasteiger partial charge in [0.05, 0.1) is 0 Å². The third-order valence-corrected chi connectivity index (χ3v) is 4.15. The normalized spacial score (nSPS) is 46.5. The van der Waals surface area contributed by atoms with Crippen LogP contribution in [0.25, 0.3) is 0 Å². The summed E-state index contributed by atoms with van der Waals surface area (Å²) in [7, 11) is 0. The highest BCUT2D eigenvalue weighted by Gasteiger charge is 2.48. The van der Waals surface area contributed by atoms with Crippen LogP contribution in [0.1, 0.15) is 44.9 Å². The van der Waals surface area contributed by atoms with Crippen LogP contribution in [0, 0.1) is 11.8 Å². The number of fused-ring (bicyclic) bond motifs is 1. The minimum Gasteiger partial charge on any atom is -0.311 e. The van der Waals surface area contributed by atoms with E-state index in [9.17, 15) is 0 Å². The first-order valence-electron chi connectivity index (χ1n) is 5.69. The Hall–Kier alpha value is -0.0400. The molecule has 0 aromatic rings. The minimum atomic E-state index is 0.898. The van der Waals surface area contributed by atoms with Crippen molar-refractivity contribution in [1.29, 1.82) is 0 Å². The summed E-state index contributed by atoms with van der Waals surface area (Å²) >= 11 is 0. The summed E-state index contributed by atoms with van der Waals surface area (Å²) < 4.78 is 0. The van der Waals surface area contributed by atoms with Gasteiger partial charge < -0.3 is 5.32 Å². The van der Waals surface area contributed by atoms with Crippen molar-refractivity contribution < 1.29 is 0 Å². The maximum Gasteiger partial charge on any atom is 0.0101 e. The van der Waals surface area contributed by atoms with Gasteiger partial charge in [0.15, 0.2) is 0 Å². The van der Waals surface area contributed by atoms with Crippen LogP contribution >= 0.6 is 0 Å². The molecule has 3 rings (SSSR count). The van der Waals surface area contributed by atoms with Gasteiger partial charge in [0.25, 0.3) is 0 Å². The van der Waals surface area contributed by atoms with Gasteiger partial charge in [-0.1, -0.05) is 12.8 Å². The number of hydrogen-bond acceptors (Lipinski definition) is 1. The molecule has 1 nitrogen and oxygen atoms in total. The first-order chi connectivity index (χ1) is 5.93. The van der Waals surface area contributed by atoms with Gasteiger partial charge in [0.1, 0.15) is 0 Å². The van der Waals surface area contributed by atoms with Gasteiger partial charge in [-0.05, 0) is 43.9 Å². The number of hydrogen-bond donors (Lipinski definition) is 1. The van der Waals surface area contributed by atoms with Gasteiger partial charge in [-0.3, -0.25) is 0 Å². The summed E-state index contributed by atoms with van der Waals surface area (Å²) in [6.45, 7) is 0. The molecule has 3 fully saturated rings. The Kier molecular flexibility index (Phi) is 1.68. The predicted octanol–water partition coefficient (Wildman–Crippen LogP) is 2.32. The van der Waals surface area contributed by atoms with Gasteiger partial charge in [-0.25, -0.2) is 0 Å². The lowest BCUT2D eigenvalue weighted by atomic mass is 10.1. The van der Waals surface area contributed by atoms with E-state index < -0.39 is 0 Å². The Bertz CT molecular complexity index is 172. The largest absolute Gasteiger partial charge is 0.311 e. The third kappa shape index (κ3) is 1.19. The third-order valence-electron chi connectivity index (χ3n) is 4.15. The lowest BCUT2D eigenvalue weighted by molar-refractivity contribution is 0.404. The fraction of sp³-hybridized carbons (Fsp3) is 1.00. The molecule has 3 saturated carbocycles. The van der Waals surface area contributed by atoms with Crippen molar-refractivity contribution in [3.8, 4) is 0 Å². The van der Waals surface area contributed by atoms with E-state index in [1.54, 1.807) is 6.42 Å². The van der Waals surface area contributed by atoms with Crippen molar-refractivity contribution >= 4 is 0 Å². The van der Waals surface area contributed by atoms with Crippen LogP contribution in [-0.2, 0) is 0 Å². The summed E-state index contributed by atoms with van der Waals surface area (Å²) in [4.78, 5) is 0. The van der Waals surface area contributed by atoms with E-state index >= 15 is 0 Å². The molecule has 3 atom stereocenters. The Balaban J connectivity index is 1.53. The topological polar surface area (TPSA) is 12.0 Å². The number of rotatable bonds is 2. The van der Waals surface area contributed by atoms with Crippen LogP contribution in [0.5, 0.6) is 0 Å². The highest BCUT2D eigenvalue weighted by atomic mass is 15.0. The molecule has 1 heteroatoms. The molecule has 1 N–H and O–H groups in total. The fourth-order valence-corrected chi connectivity index (χ4v) is 3.31. The monoisotopic (exact) mass is 165 g/mol. The summed E-state index contributed by atoms with van der Waals surface area (Å²) in [5.41, 5.74) is 0. The molecule has 0 radical (unpaired) electrons. The fourth-order valence-electron chi connectivity index (χ4n) is 3.31. The first-order valence-corrected chi connectivity index (χ1v) is 5.69. The smallest absolute Gasteiger partial charge is 0.0101 e. The second kappa shape index (κ2) is 2.73. The van der Waals surface area contributed by atoms with E-state index in [1.807, 2.05) is 0 Å². The van der Waals surface area contributed by atoms with Crippen molar-refractivity contribution in [1.82, 2.24) is 5.32 Å². The first kappa shape index (κ1) is 7.37. The van der Waals surface area contributed by atoms with Crippen LogP contribution in [0.4, 0.5) is 0 Å². The van der Waals surface area contributed by atoms with Crippen molar-refractivity contribution in [2.45, 2.75) is 57.0 Å². The van der Waals surface area contributed by atoms with Gasteiger partial charge in [0.2, 0.25) is 0 Å². The average molecular weight is 165 g/mol. The molecule has 0 heterocycles. The van der Waals surface area contributed by atoms with E-state index in [0.717, 1.165) is 23.9 Å². The summed E-state index contributed by atoms with van der Waals surface area (Å²) in [5.74, 6) is 2.24. The van der Waals surface area contributed by atoms with Crippen molar-refractivity contribution in [3.05, 3.63) is 0 Å². The van der Waals surface area contributed by atoms with Crippen molar-refractivity contribution in [3.63, 3.8) is 0 Å². The molecule has 0 aromatic heterocycles. The SMILES string of the molecule is C1CCC(NC2CC[C@H]3C[C@@H]23)C1. The molecule has 3 aliphatic rings. The van der Waals surface area contributed by atoms with Crippen LogP contribution in [0.2, 0.25) is 0 Å². The van der Waals surface area contributed by atoms with Crippen LogP contribution in [0.3, 0.4) is 0 Å². The highest BCUT2D eigenvalue weighted by Crippen LogP contribution is 2.52. The molecule has 0 spiro atoms. The Morgan fingerprint density at radius 3 is 2.33 bits per heavy atom. The molecule has 0 amide bonds. The quantitative estimate of drug-likeness (QED) is 0.662. The molecule has 0 saturated heterocycles. The second-order valence-electron chi connectivity index (χ2n) is 4.99. The summed E-state index contributed by atoms with van der Waals surface area (Å²) in [6.07, 6.45) is 10.4. The number of nitrogens with one attached hydrogen (secondary N) is 1. The maximum absolute atomic E-state index is 3.87. The lowest BCUT2D eigenvalue weighted by Gasteiger charge is -2.19. The molecular weight excluding hydrogens is 146 g/mol.